The Labute approximate surface area is 121 Å². The van der Waals surface area contributed by atoms with Gasteiger partial charge in [0.15, 0.2) is 9.84 Å². The van der Waals surface area contributed by atoms with Crippen LogP contribution >= 0.6 is 0 Å². The van der Waals surface area contributed by atoms with Gasteiger partial charge in [-0.2, -0.15) is 0 Å². The first kappa shape index (κ1) is 15.5. The van der Waals surface area contributed by atoms with Crippen molar-refractivity contribution in [3.8, 4) is 0 Å². The molecule has 5 heteroatoms. The van der Waals surface area contributed by atoms with E-state index in [-0.39, 0.29) is 17.9 Å². The van der Waals surface area contributed by atoms with Crippen molar-refractivity contribution in [3.63, 3.8) is 0 Å². The maximum absolute atomic E-state index is 12.5. The molecule has 1 heterocycles. The molecular formula is C15H23NO3S. The Balaban J connectivity index is 2.12. The fraction of sp³-hybridized carbons (Fsp3) is 0.600. The van der Waals surface area contributed by atoms with Gasteiger partial charge in [0.1, 0.15) is 0 Å². The number of ether oxygens (including phenoxy) is 1. The summed E-state index contributed by atoms with van der Waals surface area (Å²) in [7, 11) is -1.39. The van der Waals surface area contributed by atoms with Crippen LogP contribution in [0.1, 0.15) is 31.4 Å². The van der Waals surface area contributed by atoms with Crippen molar-refractivity contribution in [1.29, 1.82) is 0 Å². The van der Waals surface area contributed by atoms with Gasteiger partial charge in [0, 0.05) is 12.6 Å². The molecule has 0 bridgehead atoms. The standard InChI is InChI=1S/C15H23NO3S/c1-12(15(16-2)13-7-4-3-5-8-13)20(17,18)11-14-9-6-10-19-14/h3-5,7-8,12,14-16H,6,9-11H2,1-2H3. The van der Waals surface area contributed by atoms with E-state index in [0.29, 0.717) is 6.61 Å². The number of hydrogen-bond donors (Lipinski definition) is 1. The summed E-state index contributed by atoms with van der Waals surface area (Å²) in [5.41, 5.74) is 0.999. The zero-order valence-corrected chi connectivity index (χ0v) is 12.9. The van der Waals surface area contributed by atoms with E-state index in [2.05, 4.69) is 5.32 Å². The van der Waals surface area contributed by atoms with E-state index in [1.807, 2.05) is 30.3 Å². The minimum Gasteiger partial charge on any atom is -0.377 e. The van der Waals surface area contributed by atoms with Gasteiger partial charge in [-0.15, -0.1) is 0 Å². The number of nitrogens with one attached hydrogen (secondary N) is 1. The molecule has 2 rings (SSSR count). The van der Waals surface area contributed by atoms with Gasteiger partial charge in [0.2, 0.25) is 0 Å². The average molecular weight is 297 g/mol. The van der Waals surface area contributed by atoms with Crippen LogP contribution in [-0.4, -0.2) is 39.2 Å². The molecule has 0 saturated carbocycles. The summed E-state index contributed by atoms with van der Waals surface area (Å²) in [6.07, 6.45) is 1.68. The van der Waals surface area contributed by atoms with E-state index in [1.165, 1.54) is 0 Å². The van der Waals surface area contributed by atoms with Gasteiger partial charge in [-0.05, 0) is 32.4 Å². The lowest BCUT2D eigenvalue weighted by Crippen LogP contribution is -2.37. The molecule has 0 amide bonds. The highest BCUT2D eigenvalue weighted by atomic mass is 32.2. The maximum atomic E-state index is 12.5. The highest BCUT2D eigenvalue weighted by molar-refractivity contribution is 7.92. The van der Waals surface area contributed by atoms with Crippen molar-refractivity contribution >= 4 is 9.84 Å². The lowest BCUT2D eigenvalue weighted by atomic mass is 10.0. The van der Waals surface area contributed by atoms with E-state index in [4.69, 9.17) is 4.74 Å². The van der Waals surface area contributed by atoms with Crippen molar-refractivity contribution in [2.75, 3.05) is 19.4 Å². The third-order valence-corrected chi connectivity index (χ3v) is 6.19. The van der Waals surface area contributed by atoms with E-state index >= 15 is 0 Å². The Kier molecular flexibility index (Phi) is 5.18. The summed E-state index contributed by atoms with van der Waals surface area (Å²) in [5, 5.41) is 2.66. The molecule has 20 heavy (non-hydrogen) atoms. The van der Waals surface area contributed by atoms with Crippen LogP contribution in [0.5, 0.6) is 0 Å². The Bertz CT molecular complexity index is 509. The highest BCUT2D eigenvalue weighted by Gasteiger charge is 2.33. The zero-order chi connectivity index (χ0) is 14.6. The summed E-state index contributed by atoms with van der Waals surface area (Å²) >= 11 is 0. The normalized spacial score (nSPS) is 22.6. The van der Waals surface area contributed by atoms with E-state index < -0.39 is 15.1 Å². The molecule has 3 unspecified atom stereocenters. The summed E-state index contributed by atoms with van der Waals surface area (Å²) in [5.74, 6) is 0.124. The van der Waals surface area contributed by atoms with Crippen molar-refractivity contribution in [2.45, 2.75) is 37.2 Å². The Morgan fingerprint density at radius 3 is 2.60 bits per heavy atom. The molecule has 0 aromatic heterocycles. The fourth-order valence-corrected chi connectivity index (χ4v) is 4.52. The lowest BCUT2D eigenvalue weighted by molar-refractivity contribution is 0.127. The van der Waals surface area contributed by atoms with E-state index in [1.54, 1.807) is 14.0 Å². The molecular weight excluding hydrogens is 274 g/mol. The second-order valence-corrected chi connectivity index (χ2v) is 7.75. The molecule has 1 aliphatic rings. The van der Waals surface area contributed by atoms with Crippen LogP contribution in [0.2, 0.25) is 0 Å². The quantitative estimate of drug-likeness (QED) is 0.872. The number of sulfone groups is 1. The Morgan fingerprint density at radius 1 is 1.35 bits per heavy atom. The average Bonchev–Trinajstić information content (AvgIpc) is 2.93. The molecule has 1 aliphatic heterocycles. The smallest absolute Gasteiger partial charge is 0.157 e. The summed E-state index contributed by atoms with van der Waals surface area (Å²) in [6, 6.07) is 9.51. The van der Waals surface area contributed by atoms with Crippen LogP contribution in [0.15, 0.2) is 30.3 Å². The Morgan fingerprint density at radius 2 is 2.05 bits per heavy atom. The molecule has 1 fully saturated rings. The lowest BCUT2D eigenvalue weighted by Gasteiger charge is -2.25. The van der Waals surface area contributed by atoms with Gasteiger partial charge in [0.25, 0.3) is 0 Å². The minimum absolute atomic E-state index is 0.124. The van der Waals surface area contributed by atoms with Gasteiger partial charge < -0.3 is 10.1 Å². The molecule has 0 spiro atoms. The van der Waals surface area contributed by atoms with Gasteiger partial charge in [0.05, 0.1) is 17.1 Å². The van der Waals surface area contributed by atoms with Crippen LogP contribution in [0, 0.1) is 0 Å². The van der Waals surface area contributed by atoms with Crippen molar-refractivity contribution in [3.05, 3.63) is 35.9 Å². The molecule has 1 N–H and O–H groups in total. The molecule has 1 saturated heterocycles. The number of rotatable bonds is 6. The first-order valence-corrected chi connectivity index (χ1v) is 8.81. The van der Waals surface area contributed by atoms with Gasteiger partial charge in [-0.3, -0.25) is 0 Å². The third kappa shape index (κ3) is 3.59. The molecule has 4 nitrogen and oxygen atoms in total. The monoisotopic (exact) mass is 297 g/mol. The predicted molar refractivity (Wildman–Crippen MR) is 80.5 cm³/mol. The first-order chi connectivity index (χ1) is 9.54. The van der Waals surface area contributed by atoms with Crippen molar-refractivity contribution in [2.24, 2.45) is 0 Å². The summed E-state index contributed by atoms with van der Waals surface area (Å²) < 4.78 is 30.5. The second-order valence-electron chi connectivity index (χ2n) is 5.35. The van der Waals surface area contributed by atoms with E-state index in [0.717, 1.165) is 18.4 Å². The molecule has 0 aliphatic carbocycles. The summed E-state index contributed by atoms with van der Waals surface area (Å²) in [4.78, 5) is 0. The molecule has 0 radical (unpaired) electrons. The van der Waals surface area contributed by atoms with Crippen molar-refractivity contribution in [1.82, 2.24) is 5.32 Å². The molecule has 1 aromatic rings. The third-order valence-electron chi connectivity index (χ3n) is 3.95. The number of hydrogen-bond acceptors (Lipinski definition) is 4. The second kappa shape index (κ2) is 6.70. The zero-order valence-electron chi connectivity index (χ0n) is 12.1. The van der Waals surface area contributed by atoms with Gasteiger partial charge >= 0.3 is 0 Å². The molecule has 112 valence electrons. The molecule has 3 atom stereocenters. The van der Waals surface area contributed by atoms with Gasteiger partial charge in [-0.1, -0.05) is 30.3 Å². The van der Waals surface area contributed by atoms with E-state index in [9.17, 15) is 8.42 Å². The largest absolute Gasteiger partial charge is 0.377 e. The topological polar surface area (TPSA) is 55.4 Å². The minimum atomic E-state index is -3.19. The number of benzene rings is 1. The van der Waals surface area contributed by atoms with Crippen LogP contribution in [0.3, 0.4) is 0 Å². The first-order valence-electron chi connectivity index (χ1n) is 7.10. The molecule has 1 aromatic carbocycles. The maximum Gasteiger partial charge on any atom is 0.157 e. The van der Waals surface area contributed by atoms with Crippen LogP contribution in [0.4, 0.5) is 0 Å². The van der Waals surface area contributed by atoms with Crippen LogP contribution in [-0.2, 0) is 14.6 Å². The van der Waals surface area contributed by atoms with Crippen molar-refractivity contribution < 1.29 is 13.2 Å². The summed E-state index contributed by atoms with van der Waals surface area (Å²) in [6.45, 7) is 2.46. The SMILES string of the molecule is CNC(c1ccccc1)C(C)S(=O)(=O)CC1CCCO1. The Hall–Kier alpha value is -0.910. The van der Waals surface area contributed by atoms with Crippen LogP contribution in [0.25, 0.3) is 0 Å². The highest BCUT2D eigenvalue weighted by Crippen LogP contribution is 2.24. The van der Waals surface area contributed by atoms with Crippen LogP contribution < -0.4 is 5.32 Å². The predicted octanol–water partition coefficient (Wildman–Crippen LogP) is 1.93. The van der Waals surface area contributed by atoms with Gasteiger partial charge in [-0.25, -0.2) is 8.42 Å². The fourth-order valence-electron chi connectivity index (χ4n) is 2.73.